The highest BCUT2D eigenvalue weighted by Gasteiger charge is 1.85. The molecule has 0 aliphatic carbocycles. The number of hydrogen-bond acceptors (Lipinski definition) is 0. The van der Waals surface area contributed by atoms with Gasteiger partial charge in [0.1, 0.15) is 0 Å². The fraction of sp³-hybridized carbons (Fsp3) is 0.333. The molecule has 0 aromatic heterocycles. The van der Waals surface area contributed by atoms with Crippen molar-refractivity contribution in [3.8, 4) is 0 Å². The van der Waals surface area contributed by atoms with Gasteiger partial charge in [-0.2, -0.15) is 0 Å². The molecule has 0 nitrogen and oxygen atoms in total. The third-order valence-corrected chi connectivity index (χ3v) is 0.959. The lowest BCUT2D eigenvalue weighted by atomic mass is 10.3. The zero-order chi connectivity index (χ0) is 8.57. The van der Waals surface area contributed by atoms with Crippen molar-refractivity contribution in [1.29, 1.82) is 0 Å². The van der Waals surface area contributed by atoms with Crippen LogP contribution in [0.2, 0.25) is 0 Å². The predicted octanol–water partition coefficient (Wildman–Crippen LogP) is 3.90. The number of hydrogen-bond donors (Lipinski definition) is 0. The van der Waals surface area contributed by atoms with Gasteiger partial charge in [0.25, 0.3) is 0 Å². The third kappa shape index (κ3) is 7.51. The maximum Gasteiger partial charge on any atom is 0.0400 e. The standard InChI is InChI=1S/C7H9Cl.C2H6/c1-4-5-6(2)7(3)8;1-2/h4-5H,2-3H2,1H3;1-2H3/b5-4-;. The SMILES string of the molecule is C=C(Cl)C(=C)/C=C\C.CC. The normalized spacial score (nSPS) is 8.40. The van der Waals surface area contributed by atoms with E-state index < -0.39 is 0 Å². The molecule has 0 unspecified atom stereocenters. The molecule has 0 radical (unpaired) electrons. The molecular formula is C9H15Cl. The maximum atomic E-state index is 5.46. The highest BCUT2D eigenvalue weighted by atomic mass is 35.5. The Hall–Kier alpha value is -0.490. The predicted molar refractivity (Wildman–Crippen MR) is 50.3 cm³/mol. The lowest BCUT2D eigenvalue weighted by Gasteiger charge is -1.89. The van der Waals surface area contributed by atoms with Crippen molar-refractivity contribution in [2.24, 2.45) is 0 Å². The second-order valence-electron chi connectivity index (χ2n) is 1.43. The molecule has 0 rings (SSSR count). The summed E-state index contributed by atoms with van der Waals surface area (Å²) in [6.45, 7) is 13.0. The molecule has 0 amide bonds. The third-order valence-electron chi connectivity index (χ3n) is 0.716. The average molecular weight is 159 g/mol. The summed E-state index contributed by atoms with van der Waals surface area (Å²) in [6, 6.07) is 0. The Morgan fingerprint density at radius 1 is 1.30 bits per heavy atom. The number of halogens is 1. The Balaban J connectivity index is 0. The van der Waals surface area contributed by atoms with Gasteiger partial charge in [0.2, 0.25) is 0 Å². The van der Waals surface area contributed by atoms with E-state index in [1.54, 1.807) is 0 Å². The highest BCUT2D eigenvalue weighted by Crippen LogP contribution is 2.09. The fourth-order valence-electron chi connectivity index (χ4n) is 0.292. The zero-order valence-electron chi connectivity index (χ0n) is 6.95. The molecule has 0 bridgehead atoms. The van der Waals surface area contributed by atoms with Gasteiger partial charge in [0, 0.05) is 5.03 Å². The molecule has 0 aromatic rings. The molecule has 0 saturated heterocycles. The molecular weight excluding hydrogens is 144 g/mol. The van der Waals surface area contributed by atoms with Crippen LogP contribution >= 0.6 is 11.6 Å². The van der Waals surface area contributed by atoms with Gasteiger partial charge in [-0.05, 0) is 12.5 Å². The summed E-state index contributed by atoms with van der Waals surface area (Å²) in [5.41, 5.74) is 0.772. The van der Waals surface area contributed by atoms with Crippen molar-refractivity contribution in [1.82, 2.24) is 0 Å². The van der Waals surface area contributed by atoms with Gasteiger partial charge >= 0.3 is 0 Å². The van der Waals surface area contributed by atoms with Crippen molar-refractivity contribution in [3.05, 3.63) is 35.9 Å². The summed E-state index contributed by atoms with van der Waals surface area (Å²) < 4.78 is 0. The summed E-state index contributed by atoms with van der Waals surface area (Å²) in [7, 11) is 0. The van der Waals surface area contributed by atoms with Crippen molar-refractivity contribution in [3.63, 3.8) is 0 Å². The van der Waals surface area contributed by atoms with Crippen LogP contribution in [0, 0.1) is 0 Å². The molecule has 10 heavy (non-hydrogen) atoms. The highest BCUT2D eigenvalue weighted by molar-refractivity contribution is 6.31. The smallest absolute Gasteiger partial charge is 0.0400 e. The van der Waals surface area contributed by atoms with Crippen LogP contribution in [-0.4, -0.2) is 0 Å². The summed E-state index contributed by atoms with van der Waals surface area (Å²) in [4.78, 5) is 0. The second-order valence-corrected chi connectivity index (χ2v) is 1.89. The van der Waals surface area contributed by atoms with Crippen LogP contribution in [-0.2, 0) is 0 Å². The van der Waals surface area contributed by atoms with E-state index in [1.165, 1.54) is 0 Å². The van der Waals surface area contributed by atoms with Crippen LogP contribution in [0.5, 0.6) is 0 Å². The van der Waals surface area contributed by atoms with E-state index >= 15 is 0 Å². The minimum Gasteiger partial charge on any atom is -0.0903 e. The fourth-order valence-corrected chi connectivity index (χ4v) is 0.355. The largest absolute Gasteiger partial charge is 0.0903 e. The van der Waals surface area contributed by atoms with Crippen LogP contribution in [0.15, 0.2) is 35.9 Å². The molecule has 0 aliphatic heterocycles. The van der Waals surface area contributed by atoms with Gasteiger partial charge in [-0.25, -0.2) is 0 Å². The quantitative estimate of drug-likeness (QED) is 0.535. The van der Waals surface area contributed by atoms with E-state index in [2.05, 4.69) is 13.2 Å². The second kappa shape index (κ2) is 8.51. The van der Waals surface area contributed by atoms with Gasteiger partial charge in [-0.15, -0.1) is 0 Å². The molecule has 58 valence electrons. The Morgan fingerprint density at radius 2 is 1.70 bits per heavy atom. The van der Waals surface area contributed by atoms with E-state index in [4.69, 9.17) is 11.6 Å². The molecule has 1 heteroatoms. The zero-order valence-corrected chi connectivity index (χ0v) is 7.70. The van der Waals surface area contributed by atoms with E-state index in [9.17, 15) is 0 Å². The molecule has 0 heterocycles. The van der Waals surface area contributed by atoms with Gasteiger partial charge in [0.15, 0.2) is 0 Å². The summed E-state index contributed by atoms with van der Waals surface area (Å²) >= 11 is 5.46. The van der Waals surface area contributed by atoms with Crippen LogP contribution in [0.25, 0.3) is 0 Å². The average Bonchev–Trinajstić information content (AvgIpc) is 1.93. The van der Waals surface area contributed by atoms with E-state index in [0.717, 1.165) is 5.57 Å². The van der Waals surface area contributed by atoms with E-state index in [0.29, 0.717) is 5.03 Å². The first-order chi connectivity index (χ1) is 4.68. The molecule has 0 spiro atoms. The minimum absolute atomic E-state index is 0.503. The molecule has 0 saturated carbocycles. The van der Waals surface area contributed by atoms with E-state index in [1.807, 2.05) is 32.9 Å². The van der Waals surface area contributed by atoms with Crippen molar-refractivity contribution >= 4 is 11.6 Å². The Labute approximate surface area is 68.9 Å². The first-order valence-corrected chi connectivity index (χ1v) is 3.72. The van der Waals surface area contributed by atoms with Gasteiger partial charge in [0.05, 0.1) is 0 Å². The van der Waals surface area contributed by atoms with Crippen LogP contribution in [0.4, 0.5) is 0 Å². The molecule has 0 N–H and O–H groups in total. The van der Waals surface area contributed by atoms with Crippen LogP contribution < -0.4 is 0 Å². The Morgan fingerprint density at radius 3 is 1.80 bits per heavy atom. The first kappa shape index (κ1) is 12.2. The Kier molecular flexibility index (Phi) is 10.4. The summed E-state index contributed by atoms with van der Waals surface area (Å²) in [5.74, 6) is 0. The number of allylic oxidation sites excluding steroid dienone is 4. The van der Waals surface area contributed by atoms with Crippen molar-refractivity contribution in [2.45, 2.75) is 20.8 Å². The maximum absolute atomic E-state index is 5.46. The topological polar surface area (TPSA) is 0 Å². The van der Waals surface area contributed by atoms with Crippen molar-refractivity contribution in [2.75, 3.05) is 0 Å². The molecule has 0 fully saturated rings. The minimum atomic E-state index is 0.503. The Bertz CT molecular complexity index is 132. The van der Waals surface area contributed by atoms with Crippen molar-refractivity contribution < 1.29 is 0 Å². The lowest BCUT2D eigenvalue weighted by Crippen LogP contribution is -1.68. The lowest BCUT2D eigenvalue weighted by molar-refractivity contribution is 1.50. The monoisotopic (exact) mass is 158 g/mol. The summed E-state index contributed by atoms with van der Waals surface area (Å²) in [6.07, 6.45) is 3.69. The molecule has 0 atom stereocenters. The van der Waals surface area contributed by atoms with E-state index in [-0.39, 0.29) is 0 Å². The van der Waals surface area contributed by atoms with Crippen LogP contribution in [0.1, 0.15) is 20.8 Å². The first-order valence-electron chi connectivity index (χ1n) is 3.35. The molecule has 0 aliphatic rings. The van der Waals surface area contributed by atoms with Gasteiger partial charge < -0.3 is 0 Å². The van der Waals surface area contributed by atoms with Gasteiger partial charge in [-0.3, -0.25) is 0 Å². The number of rotatable bonds is 2. The van der Waals surface area contributed by atoms with Crippen LogP contribution in [0.3, 0.4) is 0 Å². The van der Waals surface area contributed by atoms with Gasteiger partial charge in [-0.1, -0.05) is 50.8 Å². The summed E-state index contributed by atoms with van der Waals surface area (Å²) in [5, 5.41) is 0.503. The molecule has 0 aromatic carbocycles.